The summed E-state index contributed by atoms with van der Waals surface area (Å²) in [5.41, 5.74) is 0.731. The standard InChI is InChI=1S/C22H20N2O6S2/c1-3-4-11-23-20(25)19(32-22(23)31)13-14-5-10-17(18(12-14)29-2)30-21(26)15-6-8-16(9-7-15)24(27)28/h5-10,12-13H,3-4,11H2,1-2H3/b19-13+. The summed E-state index contributed by atoms with van der Waals surface area (Å²) in [6.07, 6.45) is 3.56. The van der Waals surface area contributed by atoms with Gasteiger partial charge in [0.2, 0.25) is 0 Å². The number of nitrogens with zero attached hydrogens (tertiary/aromatic N) is 2. The fourth-order valence-electron chi connectivity index (χ4n) is 2.90. The van der Waals surface area contributed by atoms with Crippen LogP contribution in [-0.4, -0.2) is 39.7 Å². The second-order valence-electron chi connectivity index (χ2n) is 6.79. The molecule has 0 unspecified atom stereocenters. The van der Waals surface area contributed by atoms with Crippen molar-refractivity contribution in [3.05, 3.63) is 68.6 Å². The highest BCUT2D eigenvalue weighted by Gasteiger charge is 2.31. The average molecular weight is 473 g/mol. The summed E-state index contributed by atoms with van der Waals surface area (Å²) < 4.78 is 11.3. The molecule has 32 heavy (non-hydrogen) atoms. The number of carbonyl (C=O) groups is 2. The number of carbonyl (C=O) groups excluding carboxylic acids is 2. The van der Waals surface area contributed by atoms with Gasteiger partial charge in [-0.2, -0.15) is 0 Å². The number of rotatable bonds is 8. The maximum atomic E-state index is 12.6. The molecule has 0 atom stereocenters. The number of non-ortho nitro benzene ring substituents is 1. The van der Waals surface area contributed by atoms with E-state index in [9.17, 15) is 19.7 Å². The number of amides is 1. The van der Waals surface area contributed by atoms with Crippen LogP contribution in [0.4, 0.5) is 5.69 Å². The molecule has 2 aromatic rings. The molecule has 3 rings (SSSR count). The molecular weight excluding hydrogens is 452 g/mol. The third kappa shape index (κ3) is 5.32. The number of unbranched alkanes of at least 4 members (excludes halogenated alkanes) is 1. The van der Waals surface area contributed by atoms with E-state index in [1.807, 2.05) is 0 Å². The molecule has 166 valence electrons. The normalized spacial score (nSPS) is 14.7. The van der Waals surface area contributed by atoms with E-state index in [0.29, 0.717) is 27.1 Å². The van der Waals surface area contributed by atoms with Crippen LogP contribution in [0.2, 0.25) is 0 Å². The SMILES string of the molecule is CCCCN1C(=O)/C(=C\c2ccc(OC(=O)c3ccc([N+](=O)[O-])cc3)c(OC)c2)SC1=S. The van der Waals surface area contributed by atoms with Gasteiger partial charge in [0.05, 0.1) is 22.5 Å². The minimum absolute atomic E-state index is 0.122. The van der Waals surface area contributed by atoms with Gasteiger partial charge in [-0.05, 0) is 42.3 Å². The van der Waals surface area contributed by atoms with Gasteiger partial charge in [0.1, 0.15) is 4.32 Å². The zero-order valence-electron chi connectivity index (χ0n) is 17.4. The van der Waals surface area contributed by atoms with Crippen LogP contribution in [0.1, 0.15) is 35.7 Å². The molecule has 8 nitrogen and oxygen atoms in total. The zero-order chi connectivity index (χ0) is 23.3. The topological polar surface area (TPSA) is 99.0 Å². The fraction of sp³-hybridized carbons (Fsp3) is 0.227. The first-order chi connectivity index (χ1) is 15.3. The number of methoxy groups -OCH3 is 1. The number of hydrogen-bond donors (Lipinski definition) is 0. The molecule has 0 N–H and O–H groups in total. The summed E-state index contributed by atoms with van der Waals surface area (Å²) in [5.74, 6) is -0.317. The van der Waals surface area contributed by atoms with E-state index in [2.05, 4.69) is 6.92 Å². The Hall–Kier alpha value is -3.24. The second kappa shape index (κ2) is 10.4. The monoisotopic (exact) mass is 472 g/mol. The molecular formula is C22H20N2O6S2. The number of hydrogen-bond acceptors (Lipinski definition) is 8. The van der Waals surface area contributed by atoms with Crippen LogP contribution in [0, 0.1) is 10.1 Å². The van der Waals surface area contributed by atoms with Crippen LogP contribution in [0.15, 0.2) is 47.4 Å². The molecule has 10 heteroatoms. The number of nitro groups is 1. The lowest BCUT2D eigenvalue weighted by Gasteiger charge is -2.13. The van der Waals surface area contributed by atoms with Gasteiger partial charge >= 0.3 is 5.97 Å². The lowest BCUT2D eigenvalue weighted by atomic mass is 10.1. The van der Waals surface area contributed by atoms with Crippen LogP contribution in [0.25, 0.3) is 6.08 Å². The number of benzene rings is 2. The molecule has 0 aromatic heterocycles. The quantitative estimate of drug-likeness (QED) is 0.135. The Morgan fingerprint density at radius 1 is 1.22 bits per heavy atom. The van der Waals surface area contributed by atoms with Crippen LogP contribution >= 0.6 is 24.0 Å². The van der Waals surface area contributed by atoms with Gasteiger partial charge in [-0.1, -0.05) is 43.4 Å². The Morgan fingerprint density at radius 3 is 2.56 bits per heavy atom. The van der Waals surface area contributed by atoms with Crippen molar-refractivity contribution >= 4 is 51.9 Å². The van der Waals surface area contributed by atoms with Gasteiger partial charge < -0.3 is 9.47 Å². The third-order valence-electron chi connectivity index (χ3n) is 4.61. The van der Waals surface area contributed by atoms with Crippen molar-refractivity contribution in [2.75, 3.05) is 13.7 Å². The van der Waals surface area contributed by atoms with Crippen LogP contribution in [-0.2, 0) is 4.79 Å². The molecule has 1 aliphatic heterocycles. The lowest BCUT2D eigenvalue weighted by Crippen LogP contribution is -2.28. The van der Waals surface area contributed by atoms with Crippen LogP contribution < -0.4 is 9.47 Å². The van der Waals surface area contributed by atoms with E-state index in [-0.39, 0.29) is 22.9 Å². The predicted molar refractivity (Wildman–Crippen MR) is 126 cm³/mol. The van der Waals surface area contributed by atoms with Crippen molar-refractivity contribution in [1.82, 2.24) is 4.90 Å². The highest BCUT2D eigenvalue weighted by Crippen LogP contribution is 2.35. The molecule has 0 spiro atoms. The Kier molecular flexibility index (Phi) is 7.60. The molecule has 2 aromatic carbocycles. The maximum Gasteiger partial charge on any atom is 0.343 e. The van der Waals surface area contributed by atoms with Gasteiger partial charge in [-0.15, -0.1) is 0 Å². The molecule has 1 aliphatic rings. The molecule has 1 amide bonds. The molecule has 0 saturated carbocycles. The van der Waals surface area contributed by atoms with Crippen LogP contribution in [0.3, 0.4) is 0 Å². The second-order valence-corrected chi connectivity index (χ2v) is 8.47. The molecule has 1 fully saturated rings. The maximum absolute atomic E-state index is 12.6. The van der Waals surface area contributed by atoms with Gasteiger partial charge in [0.25, 0.3) is 11.6 Å². The van der Waals surface area contributed by atoms with E-state index >= 15 is 0 Å². The summed E-state index contributed by atoms with van der Waals surface area (Å²) in [4.78, 5) is 37.3. The first kappa shape index (κ1) is 23.4. The third-order valence-corrected chi connectivity index (χ3v) is 5.99. The largest absolute Gasteiger partial charge is 0.493 e. The zero-order valence-corrected chi connectivity index (χ0v) is 19.0. The van der Waals surface area contributed by atoms with E-state index in [1.54, 1.807) is 29.2 Å². The summed E-state index contributed by atoms with van der Waals surface area (Å²) in [6.45, 7) is 2.65. The number of ether oxygens (including phenoxy) is 2. The van der Waals surface area contributed by atoms with Crippen molar-refractivity contribution in [2.45, 2.75) is 19.8 Å². The Morgan fingerprint density at radius 2 is 1.94 bits per heavy atom. The van der Waals surface area contributed by atoms with Gasteiger partial charge in [-0.25, -0.2) is 4.79 Å². The first-order valence-corrected chi connectivity index (χ1v) is 11.0. The minimum atomic E-state index is -0.678. The molecule has 0 bridgehead atoms. The van der Waals surface area contributed by atoms with Crippen molar-refractivity contribution in [2.24, 2.45) is 0 Å². The van der Waals surface area contributed by atoms with Crippen molar-refractivity contribution in [3.8, 4) is 11.5 Å². The molecule has 1 heterocycles. The predicted octanol–water partition coefficient (Wildman–Crippen LogP) is 4.82. The molecule has 0 radical (unpaired) electrons. The van der Waals surface area contributed by atoms with E-state index < -0.39 is 10.9 Å². The van der Waals surface area contributed by atoms with Crippen molar-refractivity contribution in [3.63, 3.8) is 0 Å². The summed E-state index contributed by atoms with van der Waals surface area (Å²) in [6, 6.07) is 10.0. The summed E-state index contributed by atoms with van der Waals surface area (Å²) >= 11 is 6.57. The average Bonchev–Trinajstić information content (AvgIpc) is 3.05. The van der Waals surface area contributed by atoms with Crippen molar-refractivity contribution in [1.29, 1.82) is 0 Å². The highest BCUT2D eigenvalue weighted by molar-refractivity contribution is 8.26. The number of nitro benzene ring substituents is 1. The Bertz CT molecular complexity index is 1100. The smallest absolute Gasteiger partial charge is 0.343 e. The summed E-state index contributed by atoms with van der Waals surface area (Å²) in [7, 11) is 1.44. The van der Waals surface area contributed by atoms with Gasteiger partial charge in [-0.3, -0.25) is 19.8 Å². The summed E-state index contributed by atoms with van der Waals surface area (Å²) in [5, 5.41) is 10.8. The lowest BCUT2D eigenvalue weighted by molar-refractivity contribution is -0.384. The van der Waals surface area contributed by atoms with E-state index in [0.717, 1.165) is 12.8 Å². The van der Waals surface area contributed by atoms with Crippen LogP contribution in [0.5, 0.6) is 11.5 Å². The Labute approximate surface area is 194 Å². The van der Waals surface area contributed by atoms with E-state index in [1.165, 1.54) is 43.1 Å². The number of thiocarbonyl (C=S) groups is 1. The Balaban J connectivity index is 1.77. The molecule has 0 aliphatic carbocycles. The number of esters is 1. The van der Waals surface area contributed by atoms with E-state index in [4.69, 9.17) is 21.7 Å². The van der Waals surface area contributed by atoms with Gasteiger partial charge in [0.15, 0.2) is 11.5 Å². The fourth-order valence-corrected chi connectivity index (χ4v) is 4.21. The van der Waals surface area contributed by atoms with Gasteiger partial charge in [0, 0.05) is 18.7 Å². The molecule has 1 saturated heterocycles. The van der Waals surface area contributed by atoms with Crippen molar-refractivity contribution < 1.29 is 24.0 Å². The number of thioether (sulfide) groups is 1. The minimum Gasteiger partial charge on any atom is -0.493 e. The highest BCUT2D eigenvalue weighted by atomic mass is 32.2. The first-order valence-electron chi connectivity index (χ1n) is 9.74.